The van der Waals surface area contributed by atoms with Crippen LogP contribution in [0.3, 0.4) is 0 Å². The van der Waals surface area contributed by atoms with Crippen molar-refractivity contribution in [2.24, 2.45) is 11.3 Å². The summed E-state index contributed by atoms with van der Waals surface area (Å²) in [6, 6.07) is 3.73. The van der Waals surface area contributed by atoms with Gasteiger partial charge >= 0.3 is 0 Å². The molecule has 4 nitrogen and oxygen atoms in total. The number of pyridine rings is 1. The molecule has 4 heteroatoms. The highest BCUT2D eigenvalue weighted by Crippen LogP contribution is 2.26. The van der Waals surface area contributed by atoms with Crippen molar-refractivity contribution in [1.29, 1.82) is 5.26 Å². The van der Waals surface area contributed by atoms with E-state index in [1.807, 2.05) is 0 Å². The first-order valence-corrected chi connectivity index (χ1v) is 5.76. The molecular formula is C13H20N4. The van der Waals surface area contributed by atoms with Crippen LogP contribution in [0, 0.1) is 22.7 Å². The average Bonchev–Trinajstić information content (AvgIpc) is 2.27. The molecule has 0 aliphatic rings. The molecular weight excluding hydrogens is 212 g/mol. The summed E-state index contributed by atoms with van der Waals surface area (Å²) in [5.41, 5.74) is 6.74. The van der Waals surface area contributed by atoms with Crippen LogP contribution in [-0.2, 0) is 0 Å². The second kappa shape index (κ2) is 5.05. The van der Waals surface area contributed by atoms with E-state index in [1.54, 1.807) is 12.3 Å². The molecule has 0 atom stereocenters. The van der Waals surface area contributed by atoms with Gasteiger partial charge < -0.3 is 11.1 Å². The predicted octanol–water partition coefficient (Wildman–Crippen LogP) is 2.63. The first-order valence-electron chi connectivity index (χ1n) is 5.76. The maximum absolute atomic E-state index is 9.00. The van der Waals surface area contributed by atoms with E-state index in [2.05, 4.69) is 44.1 Å². The molecule has 92 valence electrons. The SMILES string of the molecule is CC(C)C(C)(C)CNc1ncc(N)cc1C#N. The van der Waals surface area contributed by atoms with E-state index in [0.717, 1.165) is 6.54 Å². The van der Waals surface area contributed by atoms with Crippen molar-refractivity contribution in [3.8, 4) is 6.07 Å². The highest BCUT2D eigenvalue weighted by molar-refractivity contribution is 5.57. The Hall–Kier alpha value is -1.76. The molecule has 0 unspecified atom stereocenters. The van der Waals surface area contributed by atoms with Crippen molar-refractivity contribution in [3.05, 3.63) is 17.8 Å². The lowest BCUT2D eigenvalue weighted by molar-refractivity contribution is 0.269. The Morgan fingerprint density at radius 1 is 1.53 bits per heavy atom. The van der Waals surface area contributed by atoms with Crippen LogP contribution in [0.15, 0.2) is 12.3 Å². The van der Waals surface area contributed by atoms with Crippen LogP contribution in [0.1, 0.15) is 33.3 Å². The summed E-state index contributed by atoms with van der Waals surface area (Å²) in [6.07, 6.45) is 1.56. The zero-order valence-corrected chi connectivity index (χ0v) is 10.9. The molecule has 0 radical (unpaired) electrons. The number of nitrogens with two attached hydrogens (primary N) is 1. The molecule has 0 saturated carbocycles. The minimum atomic E-state index is 0.149. The van der Waals surface area contributed by atoms with Gasteiger partial charge in [-0.3, -0.25) is 0 Å². The Bertz CT molecular complexity index is 430. The van der Waals surface area contributed by atoms with Crippen molar-refractivity contribution in [2.45, 2.75) is 27.7 Å². The molecule has 1 aromatic heterocycles. The van der Waals surface area contributed by atoms with Gasteiger partial charge in [0, 0.05) is 6.54 Å². The average molecular weight is 232 g/mol. The maximum Gasteiger partial charge on any atom is 0.144 e. The fraction of sp³-hybridized carbons (Fsp3) is 0.538. The van der Waals surface area contributed by atoms with Crippen LogP contribution >= 0.6 is 0 Å². The molecule has 17 heavy (non-hydrogen) atoms. The number of hydrogen-bond acceptors (Lipinski definition) is 4. The van der Waals surface area contributed by atoms with E-state index in [9.17, 15) is 0 Å². The molecule has 3 N–H and O–H groups in total. The minimum absolute atomic E-state index is 0.149. The maximum atomic E-state index is 9.00. The number of nitrogens with one attached hydrogen (secondary N) is 1. The van der Waals surface area contributed by atoms with E-state index >= 15 is 0 Å². The zero-order valence-electron chi connectivity index (χ0n) is 10.9. The molecule has 0 bridgehead atoms. The Balaban J connectivity index is 2.80. The fourth-order valence-corrected chi connectivity index (χ4v) is 1.22. The number of rotatable bonds is 4. The number of nitriles is 1. The van der Waals surface area contributed by atoms with Crippen LogP contribution in [0.2, 0.25) is 0 Å². The van der Waals surface area contributed by atoms with Crippen molar-refractivity contribution in [3.63, 3.8) is 0 Å². The number of aromatic nitrogens is 1. The number of hydrogen-bond donors (Lipinski definition) is 2. The first-order chi connectivity index (χ1) is 7.86. The van der Waals surface area contributed by atoms with Crippen LogP contribution in [0.25, 0.3) is 0 Å². The van der Waals surface area contributed by atoms with Crippen molar-refractivity contribution >= 4 is 11.5 Å². The van der Waals surface area contributed by atoms with Gasteiger partial charge in [0.1, 0.15) is 11.9 Å². The molecule has 1 rings (SSSR count). The van der Waals surface area contributed by atoms with Gasteiger partial charge in [0.2, 0.25) is 0 Å². The molecule has 0 aromatic carbocycles. The molecule has 0 aliphatic heterocycles. The number of anilines is 2. The van der Waals surface area contributed by atoms with Crippen LogP contribution in [0.5, 0.6) is 0 Å². The second-order valence-corrected chi connectivity index (χ2v) is 5.27. The minimum Gasteiger partial charge on any atom is -0.397 e. The molecule has 0 spiro atoms. The Morgan fingerprint density at radius 3 is 2.71 bits per heavy atom. The molecule has 0 aliphatic carbocycles. The molecule has 0 fully saturated rings. The highest BCUT2D eigenvalue weighted by atomic mass is 15.0. The predicted molar refractivity (Wildman–Crippen MR) is 70.5 cm³/mol. The summed E-state index contributed by atoms with van der Waals surface area (Å²) in [4.78, 5) is 4.15. The lowest BCUT2D eigenvalue weighted by Gasteiger charge is -2.29. The second-order valence-electron chi connectivity index (χ2n) is 5.27. The van der Waals surface area contributed by atoms with Gasteiger partial charge in [0.05, 0.1) is 17.4 Å². The summed E-state index contributed by atoms with van der Waals surface area (Å²) in [5, 5.41) is 12.2. The van der Waals surface area contributed by atoms with Crippen molar-refractivity contribution < 1.29 is 0 Å². The zero-order chi connectivity index (χ0) is 13.1. The number of nitrogens with zero attached hydrogens (tertiary/aromatic N) is 2. The van der Waals surface area contributed by atoms with Crippen molar-refractivity contribution in [1.82, 2.24) is 4.98 Å². The van der Waals surface area contributed by atoms with Gasteiger partial charge in [-0.15, -0.1) is 0 Å². The van der Waals surface area contributed by atoms with Gasteiger partial charge in [0.25, 0.3) is 0 Å². The first kappa shape index (κ1) is 13.3. The summed E-state index contributed by atoms with van der Waals surface area (Å²) in [6.45, 7) is 9.52. The lowest BCUT2D eigenvalue weighted by atomic mass is 9.81. The standard InChI is InChI=1S/C13H20N4/c1-9(2)13(3,4)8-17-12-10(6-14)5-11(15)7-16-12/h5,7,9H,8,15H2,1-4H3,(H,16,17). The molecule has 1 heterocycles. The topological polar surface area (TPSA) is 74.7 Å². The molecule has 0 saturated heterocycles. The lowest BCUT2D eigenvalue weighted by Crippen LogP contribution is -2.29. The highest BCUT2D eigenvalue weighted by Gasteiger charge is 2.22. The third-order valence-corrected chi connectivity index (χ3v) is 3.30. The van der Waals surface area contributed by atoms with E-state index in [1.165, 1.54) is 0 Å². The van der Waals surface area contributed by atoms with Gasteiger partial charge in [0.15, 0.2) is 0 Å². The smallest absolute Gasteiger partial charge is 0.144 e. The summed E-state index contributed by atoms with van der Waals surface area (Å²) in [5.74, 6) is 1.16. The van der Waals surface area contributed by atoms with Gasteiger partial charge in [-0.2, -0.15) is 5.26 Å². The largest absolute Gasteiger partial charge is 0.397 e. The Labute approximate surface area is 103 Å². The third-order valence-electron chi connectivity index (χ3n) is 3.30. The van der Waals surface area contributed by atoms with E-state index in [-0.39, 0.29) is 5.41 Å². The van der Waals surface area contributed by atoms with Crippen molar-refractivity contribution in [2.75, 3.05) is 17.6 Å². The monoisotopic (exact) mass is 232 g/mol. The van der Waals surface area contributed by atoms with Gasteiger partial charge in [-0.05, 0) is 17.4 Å². The van der Waals surface area contributed by atoms with Crippen LogP contribution < -0.4 is 11.1 Å². The number of nitrogen functional groups attached to an aromatic ring is 1. The van der Waals surface area contributed by atoms with Crippen LogP contribution in [-0.4, -0.2) is 11.5 Å². The van der Waals surface area contributed by atoms with E-state index in [4.69, 9.17) is 11.0 Å². The van der Waals surface area contributed by atoms with Gasteiger partial charge in [-0.1, -0.05) is 27.7 Å². The summed E-state index contributed by atoms with van der Waals surface area (Å²) >= 11 is 0. The quantitative estimate of drug-likeness (QED) is 0.836. The summed E-state index contributed by atoms with van der Waals surface area (Å²) < 4.78 is 0. The fourth-order valence-electron chi connectivity index (χ4n) is 1.22. The summed E-state index contributed by atoms with van der Waals surface area (Å²) in [7, 11) is 0. The third kappa shape index (κ3) is 3.35. The Kier molecular flexibility index (Phi) is 3.95. The van der Waals surface area contributed by atoms with E-state index in [0.29, 0.717) is 23.0 Å². The Morgan fingerprint density at radius 2 is 2.18 bits per heavy atom. The molecule has 1 aromatic rings. The molecule has 0 amide bonds. The van der Waals surface area contributed by atoms with E-state index < -0.39 is 0 Å². The normalized spacial score (nSPS) is 11.3. The van der Waals surface area contributed by atoms with Crippen LogP contribution in [0.4, 0.5) is 11.5 Å². The van der Waals surface area contributed by atoms with Gasteiger partial charge in [-0.25, -0.2) is 4.98 Å².